The van der Waals surface area contributed by atoms with Crippen molar-refractivity contribution in [3.63, 3.8) is 0 Å². The van der Waals surface area contributed by atoms with Crippen LogP contribution in [0.4, 0.5) is 0 Å². The van der Waals surface area contributed by atoms with Crippen LogP contribution in [-0.2, 0) is 0 Å². The average Bonchev–Trinajstić information content (AvgIpc) is 2.82. The van der Waals surface area contributed by atoms with Crippen molar-refractivity contribution in [1.29, 1.82) is 21.2 Å². The first kappa shape index (κ1) is 20.6. The average molecular weight is 411 g/mol. The van der Waals surface area contributed by atoms with Crippen molar-refractivity contribution in [2.75, 3.05) is 26.7 Å². The molecule has 1 fully saturated rings. The van der Waals surface area contributed by atoms with Gasteiger partial charge >= 0.3 is 0 Å². The highest BCUT2D eigenvalue weighted by Gasteiger charge is 2.59. The second kappa shape index (κ2) is 7.88. The molecule has 1 aliphatic carbocycles. The normalized spacial score (nSPS) is 26.7. The van der Waals surface area contributed by atoms with Gasteiger partial charge in [-0.3, -0.25) is 0 Å². The van der Waals surface area contributed by atoms with Crippen LogP contribution in [0.5, 0.6) is 5.75 Å². The maximum atomic E-state index is 10.3. The van der Waals surface area contributed by atoms with Gasteiger partial charge in [0.05, 0.1) is 50.7 Å². The van der Waals surface area contributed by atoms with E-state index in [1.807, 2.05) is 36.4 Å². The lowest BCUT2D eigenvalue weighted by Crippen LogP contribution is -3.13. The maximum Gasteiger partial charge on any atom is 0.190 e. The summed E-state index contributed by atoms with van der Waals surface area (Å²) in [7, 11) is 1.58. The molecular formula is C25H24N5O+. The van der Waals surface area contributed by atoms with Gasteiger partial charge in [-0.05, 0) is 35.4 Å². The van der Waals surface area contributed by atoms with Gasteiger partial charge in [-0.2, -0.15) is 15.8 Å². The standard InChI is InChI=1S/C25H23N5O/c1-3-30-11-10-18-19(12-26)24(29)25(14-27,15-28)23(20(18)13-30)22-17-7-5-4-6-16(17)8-9-21(22)31-2/h4-10,19-20,23,29H,3,11,13H2,1-2H3/p+1/t19?,20-,23-/m0/s1. The number of nitrogens with one attached hydrogen (secondary N) is 2. The van der Waals surface area contributed by atoms with E-state index in [0.29, 0.717) is 12.3 Å². The van der Waals surface area contributed by atoms with Crippen molar-refractivity contribution >= 4 is 16.5 Å². The van der Waals surface area contributed by atoms with Crippen LogP contribution < -0.4 is 9.64 Å². The fraction of sp³-hybridized carbons (Fsp3) is 0.360. The summed E-state index contributed by atoms with van der Waals surface area (Å²) >= 11 is 0. The van der Waals surface area contributed by atoms with Crippen LogP contribution in [-0.4, -0.2) is 32.5 Å². The van der Waals surface area contributed by atoms with Crippen LogP contribution >= 0.6 is 0 Å². The third-order valence-corrected chi connectivity index (χ3v) is 6.92. The molecule has 2 unspecified atom stereocenters. The number of hydrogen-bond acceptors (Lipinski definition) is 5. The Bertz CT molecular complexity index is 1200. The van der Waals surface area contributed by atoms with E-state index in [0.717, 1.165) is 35.0 Å². The molecule has 154 valence electrons. The Morgan fingerprint density at radius 3 is 2.55 bits per heavy atom. The first-order valence-corrected chi connectivity index (χ1v) is 10.5. The molecule has 0 radical (unpaired) electrons. The van der Waals surface area contributed by atoms with Crippen molar-refractivity contribution in [2.24, 2.45) is 17.3 Å². The van der Waals surface area contributed by atoms with Gasteiger partial charge in [-0.15, -0.1) is 0 Å². The van der Waals surface area contributed by atoms with E-state index in [1.54, 1.807) is 7.11 Å². The molecule has 2 aromatic rings. The smallest absolute Gasteiger partial charge is 0.190 e. The highest BCUT2D eigenvalue weighted by Crippen LogP contribution is 2.55. The highest BCUT2D eigenvalue weighted by molar-refractivity contribution is 6.02. The minimum atomic E-state index is -1.74. The molecule has 0 spiro atoms. The van der Waals surface area contributed by atoms with Gasteiger partial charge in [0.1, 0.15) is 11.7 Å². The fourth-order valence-corrected chi connectivity index (χ4v) is 5.34. The number of benzene rings is 2. The number of hydrogen-bond donors (Lipinski definition) is 2. The predicted octanol–water partition coefficient (Wildman–Crippen LogP) is 2.60. The molecule has 4 rings (SSSR count). The molecule has 1 saturated carbocycles. The fourth-order valence-electron chi connectivity index (χ4n) is 5.34. The van der Waals surface area contributed by atoms with Gasteiger partial charge in [0.15, 0.2) is 5.41 Å². The summed E-state index contributed by atoms with van der Waals surface area (Å²) in [6.45, 7) is 4.49. The van der Waals surface area contributed by atoms with Crippen LogP contribution in [0.3, 0.4) is 0 Å². The molecule has 6 heteroatoms. The molecule has 1 aliphatic heterocycles. The Kier molecular flexibility index (Phi) is 5.24. The molecular weight excluding hydrogens is 386 g/mol. The molecule has 2 N–H and O–H groups in total. The van der Waals surface area contributed by atoms with Crippen molar-refractivity contribution in [3.8, 4) is 24.0 Å². The quantitative estimate of drug-likeness (QED) is 0.758. The number of likely N-dealkylation sites (N-methyl/N-ethyl adjacent to an activating group) is 1. The van der Waals surface area contributed by atoms with Crippen molar-refractivity contribution < 1.29 is 9.64 Å². The van der Waals surface area contributed by atoms with Crippen molar-refractivity contribution in [2.45, 2.75) is 12.8 Å². The largest absolute Gasteiger partial charge is 0.496 e. The Morgan fingerprint density at radius 1 is 1.16 bits per heavy atom. The van der Waals surface area contributed by atoms with Crippen LogP contribution in [0.1, 0.15) is 18.4 Å². The van der Waals surface area contributed by atoms with Crippen molar-refractivity contribution in [1.82, 2.24) is 0 Å². The van der Waals surface area contributed by atoms with Crippen LogP contribution in [0, 0.1) is 56.7 Å². The molecule has 0 saturated heterocycles. The van der Waals surface area contributed by atoms with E-state index < -0.39 is 17.3 Å². The number of nitriles is 3. The Morgan fingerprint density at radius 2 is 1.90 bits per heavy atom. The van der Waals surface area contributed by atoms with E-state index in [2.05, 4.69) is 31.2 Å². The third kappa shape index (κ3) is 2.90. The summed E-state index contributed by atoms with van der Waals surface area (Å²) in [4.78, 5) is 1.33. The summed E-state index contributed by atoms with van der Waals surface area (Å²) < 4.78 is 5.73. The highest BCUT2D eigenvalue weighted by atomic mass is 16.5. The number of fused-ring (bicyclic) bond motifs is 2. The van der Waals surface area contributed by atoms with Crippen LogP contribution in [0.25, 0.3) is 10.8 Å². The van der Waals surface area contributed by atoms with E-state index in [1.165, 1.54) is 4.90 Å². The minimum absolute atomic E-state index is 0.123. The number of quaternary nitrogens is 1. The van der Waals surface area contributed by atoms with E-state index >= 15 is 0 Å². The molecule has 4 atom stereocenters. The van der Waals surface area contributed by atoms with E-state index in [9.17, 15) is 15.8 Å². The predicted molar refractivity (Wildman–Crippen MR) is 117 cm³/mol. The lowest BCUT2D eigenvalue weighted by molar-refractivity contribution is -0.897. The second-order valence-electron chi connectivity index (χ2n) is 8.21. The maximum absolute atomic E-state index is 10.3. The van der Waals surface area contributed by atoms with Gasteiger partial charge in [0.25, 0.3) is 0 Å². The van der Waals surface area contributed by atoms with Crippen LogP contribution in [0.2, 0.25) is 0 Å². The first-order chi connectivity index (χ1) is 15.1. The molecule has 6 nitrogen and oxygen atoms in total. The summed E-state index contributed by atoms with van der Waals surface area (Å²) in [5.41, 5.74) is -0.220. The monoisotopic (exact) mass is 410 g/mol. The number of methoxy groups -OCH3 is 1. The Balaban J connectivity index is 2.09. The summed E-state index contributed by atoms with van der Waals surface area (Å²) in [6.07, 6.45) is 2.05. The number of nitrogens with zero attached hydrogens (tertiary/aromatic N) is 3. The van der Waals surface area contributed by atoms with Gasteiger partial charge in [-0.1, -0.05) is 30.3 Å². The summed E-state index contributed by atoms with van der Waals surface area (Å²) in [5.74, 6) is -1.06. The topological polar surface area (TPSA) is 109 Å². The molecule has 2 aromatic carbocycles. The van der Waals surface area contributed by atoms with Gasteiger partial charge in [0, 0.05) is 17.4 Å². The van der Waals surface area contributed by atoms with Crippen LogP contribution in [0.15, 0.2) is 48.0 Å². The zero-order valence-corrected chi connectivity index (χ0v) is 17.6. The third-order valence-electron chi connectivity index (χ3n) is 6.92. The molecule has 0 bridgehead atoms. The Hall–Kier alpha value is -3.66. The lowest BCUT2D eigenvalue weighted by Gasteiger charge is -2.46. The van der Waals surface area contributed by atoms with Gasteiger partial charge in [0.2, 0.25) is 0 Å². The first-order valence-electron chi connectivity index (χ1n) is 10.5. The minimum Gasteiger partial charge on any atom is -0.496 e. The van der Waals surface area contributed by atoms with Gasteiger partial charge in [-0.25, -0.2) is 0 Å². The van der Waals surface area contributed by atoms with E-state index in [4.69, 9.17) is 10.1 Å². The van der Waals surface area contributed by atoms with Crippen molar-refractivity contribution in [3.05, 3.63) is 53.6 Å². The molecule has 2 aliphatic rings. The molecule has 1 heterocycles. The molecule has 31 heavy (non-hydrogen) atoms. The zero-order chi connectivity index (χ0) is 22.2. The number of ether oxygens (including phenoxy) is 1. The SMILES string of the molecule is CC[NH+]1CC=C2C(C#N)C(=N)C(C#N)(C#N)[C@H](c3c(OC)ccc4ccccc34)[C@H]2C1. The Labute approximate surface area is 182 Å². The molecule has 0 aromatic heterocycles. The number of rotatable bonds is 3. The molecule has 0 amide bonds. The summed E-state index contributed by atoms with van der Waals surface area (Å²) in [5, 5.41) is 41.2. The van der Waals surface area contributed by atoms with E-state index in [-0.39, 0.29) is 11.6 Å². The second-order valence-corrected chi connectivity index (χ2v) is 8.21. The summed E-state index contributed by atoms with van der Waals surface area (Å²) in [6, 6.07) is 18.3. The van der Waals surface area contributed by atoms with Gasteiger partial charge < -0.3 is 15.0 Å². The lowest BCUT2D eigenvalue weighted by atomic mass is 9.54. The zero-order valence-electron chi connectivity index (χ0n) is 17.6.